The van der Waals surface area contributed by atoms with Gasteiger partial charge in [-0.05, 0) is 23.8 Å². The Kier molecular flexibility index (Phi) is 4.57. The highest BCUT2D eigenvalue weighted by molar-refractivity contribution is 5.53. The molecule has 1 aromatic carbocycles. The number of pyridine rings is 1. The number of rotatable bonds is 5. The van der Waals surface area contributed by atoms with Gasteiger partial charge in [-0.1, -0.05) is 12.1 Å². The number of alkyl halides is 3. The van der Waals surface area contributed by atoms with Crippen molar-refractivity contribution in [2.45, 2.75) is 12.5 Å². The SMILES string of the molecule is FC(F)(F)Oc1ccc([C@@H]2C=C(Oc3cncc(-c4nnco4)c3)NO2)cc1. The van der Waals surface area contributed by atoms with E-state index in [0.29, 0.717) is 28.7 Å². The number of nitrogens with one attached hydrogen (secondary N) is 1. The highest BCUT2D eigenvalue weighted by atomic mass is 19.4. The largest absolute Gasteiger partial charge is 0.573 e. The Bertz CT molecular complexity index is 975. The average molecular weight is 392 g/mol. The van der Waals surface area contributed by atoms with Crippen LogP contribution < -0.4 is 15.0 Å². The number of aromatic nitrogens is 3. The molecule has 1 aliphatic heterocycles. The summed E-state index contributed by atoms with van der Waals surface area (Å²) in [7, 11) is 0. The first-order valence-electron chi connectivity index (χ1n) is 7.85. The Morgan fingerprint density at radius 1 is 1.07 bits per heavy atom. The number of benzene rings is 1. The van der Waals surface area contributed by atoms with Crippen LogP contribution in [0.15, 0.2) is 65.5 Å². The zero-order valence-electron chi connectivity index (χ0n) is 13.9. The van der Waals surface area contributed by atoms with Gasteiger partial charge in [-0.25, -0.2) is 5.48 Å². The molecule has 1 aliphatic rings. The molecule has 0 saturated heterocycles. The lowest BCUT2D eigenvalue weighted by Crippen LogP contribution is -2.17. The summed E-state index contributed by atoms with van der Waals surface area (Å²) >= 11 is 0. The van der Waals surface area contributed by atoms with Gasteiger partial charge in [0.05, 0.1) is 11.8 Å². The molecule has 0 radical (unpaired) electrons. The van der Waals surface area contributed by atoms with Gasteiger partial charge in [-0.3, -0.25) is 9.82 Å². The highest BCUT2D eigenvalue weighted by Gasteiger charge is 2.31. The molecule has 28 heavy (non-hydrogen) atoms. The van der Waals surface area contributed by atoms with E-state index in [4.69, 9.17) is 14.0 Å². The van der Waals surface area contributed by atoms with Crippen molar-refractivity contribution in [2.24, 2.45) is 0 Å². The third-order valence-electron chi connectivity index (χ3n) is 3.58. The quantitative estimate of drug-likeness (QED) is 0.705. The lowest BCUT2D eigenvalue weighted by atomic mass is 10.1. The molecule has 0 bridgehead atoms. The molecule has 3 aromatic rings. The van der Waals surface area contributed by atoms with Crippen molar-refractivity contribution in [3.05, 3.63) is 66.6 Å². The maximum atomic E-state index is 12.2. The van der Waals surface area contributed by atoms with E-state index >= 15 is 0 Å². The second-order valence-electron chi connectivity index (χ2n) is 5.54. The van der Waals surface area contributed by atoms with Crippen LogP contribution in [0.5, 0.6) is 11.5 Å². The smallest absolute Gasteiger partial charge is 0.438 e. The van der Waals surface area contributed by atoms with Crippen LogP contribution in [0.2, 0.25) is 0 Å². The van der Waals surface area contributed by atoms with Gasteiger partial charge in [0.15, 0.2) is 0 Å². The topological polar surface area (TPSA) is 91.5 Å². The fraction of sp³-hybridized carbons (Fsp3) is 0.118. The first-order valence-corrected chi connectivity index (χ1v) is 7.85. The van der Waals surface area contributed by atoms with Crippen molar-refractivity contribution in [1.29, 1.82) is 0 Å². The summed E-state index contributed by atoms with van der Waals surface area (Å²) in [5.74, 6) is 0.672. The molecule has 3 heterocycles. The molecule has 0 saturated carbocycles. The third-order valence-corrected chi connectivity index (χ3v) is 3.58. The lowest BCUT2D eigenvalue weighted by Gasteiger charge is -2.11. The average Bonchev–Trinajstić information content (AvgIpc) is 3.33. The van der Waals surface area contributed by atoms with Gasteiger partial charge in [0.1, 0.15) is 17.6 Å². The molecule has 8 nitrogen and oxygen atoms in total. The number of hydroxylamine groups is 1. The van der Waals surface area contributed by atoms with E-state index in [2.05, 4.69) is 25.4 Å². The summed E-state index contributed by atoms with van der Waals surface area (Å²) in [6, 6.07) is 6.99. The van der Waals surface area contributed by atoms with Crippen LogP contribution in [0.3, 0.4) is 0 Å². The summed E-state index contributed by atoms with van der Waals surface area (Å²) in [5.41, 5.74) is 3.79. The summed E-state index contributed by atoms with van der Waals surface area (Å²) < 4.78 is 51.3. The number of hydrogen-bond donors (Lipinski definition) is 1. The maximum Gasteiger partial charge on any atom is 0.573 e. The van der Waals surface area contributed by atoms with Crippen LogP contribution in [0.4, 0.5) is 13.2 Å². The molecular weight excluding hydrogens is 381 g/mol. The standard InChI is InChI=1S/C17H11F3N4O4/c18-17(19,20)27-12-3-1-10(2-4-12)14-6-15(24-28-14)26-13-5-11(7-21-8-13)16-23-22-9-25-16/h1-9,14,24H/t14-/m0/s1. The molecule has 1 atom stereocenters. The molecule has 0 amide bonds. The number of halogens is 3. The van der Waals surface area contributed by atoms with Crippen molar-refractivity contribution >= 4 is 0 Å². The molecule has 144 valence electrons. The minimum atomic E-state index is -4.74. The molecule has 2 aromatic heterocycles. The van der Waals surface area contributed by atoms with E-state index < -0.39 is 12.5 Å². The molecule has 11 heteroatoms. The van der Waals surface area contributed by atoms with Gasteiger partial charge >= 0.3 is 6.36 Å². The van der Waals surface area contributed by atoms with Crippen molar-refractivity contribution in [1.82, 2.24) is 20.7 Å². The fourth-order valence-corrected chi connectivity index (χ4v) is 2.42. The molecular formula is C17H11F3N4O4. The van der Waals surface area contributed by atoms with Gasteiger partial charge in [-0.15, -0.1) is 23.4 Å². The van der Waals surface area contributed by atoms with Gasteiger partial charge in [0.25, 0.3) is 0 Å². The first kappa shape index (κ1) is 17.8. The fourth-order valence-electron chi connectivity index (χ4n) is 2.42. The molecule has 0 fully saturated rings. The Morgan fingerprint density at radius 2 is 1.89 bits per heavy atom. The van der Waals surface area contributed by atoms with Crippen molar-refractivity contribution in [2.75, 3.05) is 0 Å². The lowest BCUT2D eigenvalue weighted by molar-refractivity contribution is -0.274. The van der Waals surface area contributed by atoms with Gasteiger partial charge in [0.2, 0.25) is 18.2 Å². The van der Waals surface area contributed by atoms with Crippen LogP contribution in [-0.4, -0.2) is 21.5 Å². The monoisotopic (exact) mass is 392 g/mol. The highest BCUT2D eigenvalue weighted by Crippen LogP contribution is 2.29. The van der Waals surface area contributed by atoms with E-state index in [0.717, 1.165) is 0 Å². The van der Waals surface area contributed by atoms with Crippen molar-refractivity contribution in [3.63, 3.8) is 0 Å². The Hall–Kier alpha value is -3.60. The van der Waals surface area contributed by atoms with Crippen LogP contribution in [0, 0.1) is 0 Å². The zero-order valence-corrected chi connectivity index (χ0v) is 13.9. The number of hydrogen-bond acceptors (Lipinski definition) is 8. The second-order valence-corrected chi connectivity index (χ2v) is 5.54. The maximum absolute atomic E-state index is 12.2. The summed E-state index contributed by atoms with van der Waals surface area (Å²) in [5, 5.41) is 7.39. The minimum absolute atomic E-state index is 0.293. The van der Waals surface area contributed by atoms with Crippen molar-refractivity contribution < 1.29 is 31.9 Å². The van der Waals surface area contributed by atoms with E-state index in [1.54, 1.807) is 18.3 Å². The molecule has 4 rings (SSSR count). The van der Waals surface area contributed by atoms with Crippen molar-refractivity contribution in [3.8, 4) is 23.0 Å². The van der Waals surface area contributed by atoms with E-state index in [9.17, 15) is 13.2 Å². The summed E-state index contributed by atoms with van der Waals surface area (Å²) in [4.78, 5) is 9.42. The van der Waals surface area contributed by atoms with Gasteiger partial charge < -0.3 is 13.9 Å². The van der Waals surface area contributed by atoms with Crippen LogP contribution in [0.25, 0.3) is 11.5 Å². The predicted octanol–water partition coefficient (Wildman–Crippen LogP) is 3.53. The molecule has 0 unspecified atom stereocenters. The minimum Gasteiger partial charge on any atom is -0.438 e. The second kappa shape index (κ2) is 7.19. The Labute approximate surface area is 155 Å². The Balaban J connectivity index is 1.44. The van der Waals surface area contributed by atoms with Gasteiger partial charge in [0, 0.05) is 12.3 Å². The number of ether oxygens (including phenoxy) is 2. The van der Waals surface area contributed by atoms with E-state index in [1.165, 1.54) is 36.9 Å². The first-order chi connectivity index (χ1) is 13.5. The normalized spacial score (nSPS) is 16.4. The zero-order chi connectivity index (χ0) is 19.6. The third kappa shape index (κ3) is 4.20. The van der Waals surface area contributed by atoms with E-state index in [-0.39, 0.29) is 5.75 Å². The van der Waals surface area contributed by atoms with Crippen LogP contribution >= 0.6 is 0 Å². The van der Waals surface area contributed by atoms with E-state index in [1.807, 2.05) is 0 Å². The van der Waals surface area contributed by atoms with Gasteiger partial charge in [-0.2, -0.15) is 0 Å². The molecule has 0 spiro atoms. The Morgan fingerprint density at radius 3 is 2.61 bits per heavy atom. The number of nitrogens with zero attached hydrogens (tertiary/aromatic N) is 3. The predicted molar refractivity (Wildman–Crippen MR) is 86.3 cm³/mol. The van der Waals surface area contributed by atoms with Crippen LogP contribution in [0.1, 0.15) is 11.7 Å². The molecule has 1 N–H and O–H groups in total. The van der Waals surface area contributed by atoms with Crippen LogP contribution in [-0.2, 0) is 4.84 Å². The summed E-state index contributed by atoms with van der Waals surface area (Å²) in [6.07, 6.45) is 0.561. The molecule has 0 aliphatic carbocycles. The summed E-state index contributed by atoms with van der Waals surface area (Å²) in [6.45, 7) is 0.